The van der Waals surface area contributed by atoms with Crippen LogP contribution in [0.15, 0.2) is 24.8 Å². The van der Waals surface area contributed by atoms with E-state index in [4.69, 9.17) is 9.47 Å². The van der Waals surface area contributed by atoms with Crippen molar-refractivity contribution in [1.82, 2.24) is 0 Å². The van der Waals surface area contributed by atoms with Gasteiger partial charge in [0, 0.05) is 0 Å². The summed E-state index contributed by atoms with van der Waals surface area (Å²) in [4.78, 5) is 0. The molecule has 1 saturated heterocycles. The predicted octanol–water partition coefficient (Wildman–Crippen LogP) is 2.27. The van der Waals surface area contributed by atoms with Crippen LogP contribution >= 0.6 is 0 Å². The normalized spacial score (nSPS) is 29.8. The van der Waals surface area contributed by atoms with Crippen LogP contribution in [-0.2, 0) is 9.47 Å². The molecule has 0 aliphatic carbocycles. The van der Waals surface area contributed by atoms with Crippen LogP contribution in [0.5, 0.6) is 0 Å². The van der Waals surface area contributed by atoms with Gasteiger partial charge >= 0.3 is 0 Å². The van der Waals surface area contributed by atoms with E-state index < -0.39 is 0 Å². The lowest BCUT2D eigenvalue weighted by molar-refractivity contribution is -0.00502. The molecule has 68 valence electrons. The lowest BCUT2D eigenvalue weighted by Crippen LogP contribution is -2.29. The van der Waals surface area contributed by atoms with Crippen LogP contribution in [0.4, 0.5) is 0 Å². The van der Waals surface area contributed by atoms with E-state index in [9.17, 15) is 0 Å². The average Bonchev–Trinajstić information content (AvgIpc) is 2.51. The van der Waals surface area contributed by atoms with E-state index in [1.54, 1.807) is 0 Å². The van der Waals surface area contributed by atoms with Crippen molar-refractivity contribution < 1.29 is 9.47 Å². The van der Waals surface area contributed by atoms with E-state index in [1.165, 1.54) is 0 Å². The Kier molecular flexibility index (Phi) is 3.50. The van der Waals surface area contributed by atoms with E-state index in [1.807, 2.05) is 19.1 Å². The first-order valence-electron chi connectivity index (χ1n) is 4.27. The highest BCUT2D eigenvalue weighted by molar-refractivity contribution is 4.96. The molecule has 2 heteroatoms. The summed E-state index contributed by atoms with van der Waals surface area (Å²) in [6, 6.07) is 0. The molecule has 1 aliphatic heterocycles. The highest BCUT2D eigenvalue weighted by atomic mass is 16.7. The molecule has 0 radical (unpaired) electrons. The minimum Gasteiger partial charge on any atom is -0.352 e. The molecule has 0 saturated carbocycles. The van der Waals surface area contributed by atoms with Crippen molar-refractivity contribution in [3.63, 3.8) is 0 Å². The van der Waals surface area contributed by atoms with Crippen molar-refractivity contribution >= 4 is 0 Å². The minimum absolute atomic E-state index is 0.131. The zero-order chi connectivity index (χ0) is 8.86. The second-order valence-corrected chi connectivity index (χ2v) is 3.06. The van der Waals surface area contributed by atoms with Gasteiger partial charge in [0.2, 0.25) is 0 Å². The minimum atomic E-state index is -0.131. The van der Waals surface area contributed by atoms with Crippen molar-refractivity contribution in [2.45, 2.75) is 25.4 Å². The SMILES string of the molecule is C=CCC1(CC=CC)COCO1. The molecule has 0 spiro atoms. The van der Waals surface area contributed by atoms with Gasteiger partial charge in [-0.05, 0) is 19.8 Å². The molecular weight excluding hydrogens is 152 g/mol. The van der Waals surface area contributed by atoms with Crippen LogP contribution in [0, 0.1) is 0 Å². The fraction of sp³-hybridized carbons (Fsp3) is 0.600. The molecule has 0 amide bonds. The zero-order valence-electron chi connectivity index (χ0n) is 7.58. The highest BCUT2D eigenvalue weighted by Gasteiger charge is 2.33. The molecule has 0 bridgehead atoms. The number of rotatable bonds is 4. The van der Waals surface area contributed by atoms with E-state index in [2.05, 4.69) is 12.7 Å². The second kappa shape index (κ2) is 4.43. The third-order valence-electron chi connectivity index (χ3n) is 2.06. The van der Waals surface area contributed by atoms with Crippen molar-refractivity contribution in [1.29, 1.82) is 0 Å². The summed E-state index contributed by atoms with van der Waals surface area (Å²) in [6.45, 7) is 6.83. The second-order valence-electron chi connectivity index (χ2n) is 3.06. The number of allylic oxidation sites excluding steroid dienone is 1. The van der Waals surface area contributed by atoms with Gasteiger partial charge in [0.15, 0.2) is 0 Å². The molecule has 12 heavy (non-hydrogen) atoms. The molecular formula is C10H16O2. The maximum atomic E-state index is 5.54. The van der Waals surface area contributed by atoms with Crippen molar-refractivity contribution in [3.8, 4) is 0 Å². The van der Waals surface area contributed by atoms with Gasteiger partial charge in [-0.3, -0.25) is 0 Å². The third kappa shape index (κ3) is 2.19. The van der Waals surface area contributed by atoms with Gasteiger partial charge < -0.3 is 9.47 Å². The summed E-state index contributed by atoms with van der Waals surface area (Å²) in [5.74, 6) is 0. The van der Waals surface area contributed by atoms with Gasteiger partial charge in [-0.15, -0.1) is 6.58 Å². The van der Waals surface area contributed by atoms with Gasteiger partial charge in [-0.2, -0.15) is 0 Å². The van der Waals surface area contributed by atoms with E-state index in [-0.39, 0.29) is 5.60 Å². The van der Waals surface area contributed by atoms with Crippen LogP contribution in [0.25, 0.3) is 0 Å². The van der Waals surface area contributed by atoms with Crippen molar-refractivity contribution in [3.05, 3.63) is 24.8 Å². The first kappa shape index (κ1) is 9.49. The maximum Gasteiger partial charge on any atom is 0.147 e. The predicted molar refractivity (Wildman–Crippen MR) is 48.9 cm³/mol. The topological polar surface area (TPSA) is 18.5 Å². The Bertz CT molecular complexity index is 167. The Balaban J connectivity index is 2.51. The summed E-state index contributed by atoms with van der Waals surface area (Å²) < 4.78 is 10.7. The Morgan fingerprint density at radius 2 is 2.33 bits per heavy atom. The van der Waals surface area contributed by atoms with E-state index in [0.717, 1.165) is 12.8 Å². The number of hydrogen-bond donors (Lipinski definition) is 0. The molecule has 0 N–H and O–H groups in total. The lowest BCUT2D eigenvalue weighted by Gasteiger charge is -2.22. The number of ether oxygens (including phenoxy) is 2. The highest BCUT2D eigenvalue weighted by Crippen LogP contribution is 2.27. The average molecular weight is 168 g/mol. The van der Waals surface area contributed by atoms with Gasteiger partial charge in [-0.25, -0.2) is 0 Å². The molecule has 1 atom stereocenters. The quantitative estimate of drug-likeness (QED) is 0.599. The fourth-order valence-electron chi connectivity index (χ4n) is 1.35. The molecule has 1 rings (SSSR count). The van der Waals surface area contributed by atoms with Gasteiger partial charge in [-0.1, -0.05) is 18.2 Å². The Morgan fingerprint density at radius 3 is 2.83 bits per heavy atom. The summed E-state index contributed by atoms with van der Waals surface area (Å²) in [6.07, 6.45) is 7.80. The van der Waals surface area contributed by atoms with E-state index >= 15 is 0 Å². The molecule has 0 aromatic rings. The third-order valence-corrected chi connectivity index (χ3v) is 2.06. The molecule has 0 aromatic carbocycles. The van der Waals surface area contributed by atoms with Crippen LogP contribution < -0.4 is 0 Å². The first-order valence-corrected chi connectivity index (χ1v) is 4.27. The Labute approximate surface area is 73.9 Å². The molecule has 0 aromatic heterocycles. The summed E-state index contributed by atoms with van der Waals surface area (Å²) >= 11 is 0. The summed E-state index contributed by atoms with van der Waals surface area (Å²) in [7, 11) is 0. The largest absolute Gasteiger partial charge is 0.352 e. The molecule has 1 heterocycles. The van der Waals surface area contributed by atoms with Crippen LogP contribution in [0.1, 0.15) is 19.8 Å². The Hall–Kier alpha value is -0.600. The first-order chi connectivity index (χ1) is 5.83. The summed E-state index contributed by atoms with van der Waals surface area (Å²) in [5, 5.41) is 0. The van der Waals surface area contributed by atoms with Crippen molar-refractivity contribution in [2.75, 3.05) is 13.4 Å². The Morgan fingerprint density at radius 1 is 1.50 bits per heavy atom. The van der Waals surface area contributed by atoms with Crippen LogP contribution in [0.3, 0.4) is 0 Å². The standard InChI is InChI=1S/C10H16O2/c1-3-5-7-10(6-4-2)8-11-9-12-10/h3-5H,2,6-9H2,1H3. The molecule has 1 aliphatic rings. The molecule has 2 nitrogen and oxygen atoms in total. The summed E-state index contributed by atoms with van der Waals surface area (Å²) in [5.41, 5.74) is -0.131. The molecule has 1 unspecified atom stereocenters. The maximum absolute atomic E-state index is 5.54. The zero-order valence-corrected chi connectivity index (χ0v) is 7.58. The van der Waals surface area contributed by atoms with Crippen LogP contribution in [0.2, 0.25) is 0 Å². The van der Waals surface area contributed by atoms with Gasteiger partial charge in [0.1, 0.15) is 12.4 Å². The smallest absolute Gasteiger partial charge is 0.147 e. The fourth-order valence-corrected chi connectivity index (χ4v) is 1.35. The van der Waals surface area contributed by atoms with Crippen LogP contribution in [-0.4, -0.2) is 19.0 Å². The van der Waals surface area contributed by atoms with Gasteiger partial charge in [0.05, 0.1) is 6.61 Å². The van der Waals surface area contributed by atoms with Crippen molar-refractivity contribution in [2.24, 2.45) is 0 Å². The monoisotopic (exact) mass is 168 g/mol. The molecule has 1 fully saturated rings. The number of hydrogen-bond acceptors (Lipinski definition) is 2. The van der Waals surface area contributed by atoms with E-state index in [0.29, 0.717) is 13.4 Å². The van der Waals surface area contributed by atoms with Gasteiger partial charge in [0.25, 0.3) is 0 Å². The lowest BCUT2D eigenvalue weighted by atomic mass is 9.96.